The molecule has 0 amide bonds. The van der Waals surface area contributed by atoms with Crippen LogP contribution < -0.4 is 5.01 Å². The van der Waals surface area contributed by atoms with Crippen LogP contribution in [0.5, 0.6) is 0 Å². The Balaban J connectivity index is 2.11. The van der Waals surface area contributed by atoms with Crippen molar-refractivity contribution >= 4 is 38.6 Å². The maximum Gasteiger partial charge on any atom is 0.130 e. The third kappa shape index (κ3) is 2.61. The maximum atomic E-state index is 5.92. The Morgan fingerprint density at radius 1 is 1.21 bits per heavy atom. The summed E-state index contributed by atoms with van der Waals surface area (Å²) in [5.74, 6) is 1.68. The molecule has 1 aliphatic rings. The first-order valence-corrected chi connectivity index (χ1v) is 8.10. The Labute approximate surface area is 126 Å². The summed E-state index contributed by atoms with van der Waals surface area (Å²) >= 11 is 9.48. The monoisotopic (exact) mass is 341 g/mol. The Morgan fingerprint density at radius 3 is 2.74 bits per heavy atom. The van der Waals surface area contributed by atoms with Crippen LogP contribution in [0.15, 0.2) is 22.7 Å². The lowest BCUT2D eigenvalue weighted by molar-refractivity contribution is 0.476. The van der Waals surface area contributed by atoms with Gasteiger partial charge in [0.05, 0.1) is 11.0 Å². The number of imidazole rings is 1. The normalized spacial score (nSPS) is 16.2. The number of halogens is 2. The van der Waals surface area contributed by atoms with Crippen LogP contribution in [0.25, 0.3) is 11.0 Å². The van der Waals surface area contributed by atoms with Gasteiger partial charge in [-0.3, -0.25) is 0 Å². The van der Waals surface area contributed by atoms with E-state index in [9.17, 15) is 0 Å². The highest BCUT2D eigenvalue weighted by Gasteiger charge is 2.18. The highest BCUT2D eigenvalue weighted by molar-refractivity contribution is 9.10. The molecule has 5 heteroatoms. The SMILES string of the molecule is ClCCc1nc2ccc(Br)cc2n1N1CCCCC1. The topological polar surface area (TPSA) is 21.1 Å². The minimum absolute atomic E-state index is 0.609. The zero-order valence-corrected chi connectivity index (χ0v) is 13.1. The van der Waals surface area contributed by atoms with Gasteiger partial charge in [0.15, 0.2) is 0 Å². The van der Waals surface area contributed by atoms with E-state index in [1.165, 1.54) is 24.8 Å². The van der Waals surface area contributed by atoms with Gasteiger partial charge in [-0.1, -0.05) is 15.9 Å². The molecule has 0 radical (unpaired) electrons. The van der Waals surface area contributed by atoms with Gasteiger partial charge in [0.25, 0.3) is 0 Å². The number of hydrogen-bond donors (Lipinski definition) is 0. The fraction of sp³-hybridized carbons (Fsp3) is 0.500. The van der Waals surface area contributed by atoms with Crippen molar-refractivity contribution in [3.63, 3.8) is 0 Å². The first-order chi connectivity index (χ1) is 9.29. The number of fused-ring (bicyclic) bond motifs is 1. The molecular formula is C14H17BrClN3. The third-order valence-electron chi connectivity index (χ3n) is 3.59. The number of nitrogens with zero attached hydrogens (tertiary/aromatic N) is 3. The van der Waals surface area contributed by atoms with Gasteiger partial charge in [0, 0.05) is 29.9 Å². The number of benzene rings is 1. The smallest absolute Gasteiger partial charge is 0.130 e. The minimum atomic E-state index is 0.609. The molecule has 1 aromatic heterocycles. The zero-order valence-electron chi connectivity index (χ0n) is 10.8. The van der Waals surface area contributed by atoms with Crippen molar-refractivity contribution in [3.8, 4) is 0 Å². The highest BCUT2D eigenvalue weighted by atomic mass is 79.9. The molecule has 2 aromatic rings. The van der Waals surface area contributed by atoms with Crippen LogP contribution in [0.3, 0.4) is 0 Å². The van der Waals surface area contributed by atoms with Crippen LogP contribution >= 0.6 is 27.5 Å². The van der Waals surface area contributed by atoms with E-state index in [1.54, 1.807) is 0 Å². The summed E-state index contributed by atoms with van der Waals surface area (Å²) in [6.45, 7) is 2.21. The number of rotatable bonds is 3. The Bertz CT molecular complexity index is 575. The lowest BCUT2D eigenvalue weighted by Gasteiger charge is -2.31. The molecule has 3 rings (SSSR count). The van der Waals surface area contributed by atoms with Crippen molar-refractivity contribution < 1.29 is 0 Å². The van der Waals surface area contributed by atoms with Crippen molar-refractivity contribution in [1.29, 1.82) is 0 Å². The summed E-state index contributed by atoms with van der Waals surface area (Å²) in [5.41, 5.74) is 2.23. The Hall–Kier alpha value is -0.740. The molecular weight excluding hydrogens is 326 g/mol. The minimum Gasteiger partial charge on any atom is -0.311 e. The van der Waals surface area contributed by atoms with Gasteiger partial charge in [-0.25, -0.2) is 9.66 Å². The number of hydrogen-bond acceptors (Lipinski definition) is 2. The van der Waals surface area contributed by atoms with E-state index in [-0.39, 0.29) is 0 Å². The van der Waals surface area contributed by atoms with E-state index < -0.39 is 0 Å². The van der Waals surface area contributed by atoms with Gasteiger partial charge < -0.3 is 5.01 Å². The summed E-state index contributed by atoms with van der Waals surface area (Å²) in [7, 11) is 0. The standard InChI is InChI=1S/C14H17BrClN3/c15-11-4-5-12-13(10-11)19(14(17-12)6-7-16)18-8-2-1-3-9-18/h4-5,10H,1-3,6-9H2. The Morgan fingerprint density at radius 2 is 2.00 bits per heavy atom. The van der Waals surface area contributed by atoms with Crippen molar-refractivity contribution in [2.45, 2.75) is 25.7 Å². The molecule has 0 N–H and O–H groups in total. The van der Waals surface area contributed by atoms with E-state index in [0.717, 1.165) is 35.3 Å². The van der Waals surface area contributed by atoms with Crippen LogP contribution in [0, 0.1) is 0 Å². The summed E-state index contributed by atoms with van der Waals surface area (Å²) in [4.78, 5) is 4.73. The summed E-state index contributed by atoms with van der Waals surface area (Å²) in [6.07, 6.45) is 4.66. The van der Waals surface area contributed by atoms with Crippen LogP contribution in [-0.4, -0.2) is 28.6 Å². The highest BCUT2D eigenvalue weighted by Crippen LogP contribution is 2.23. The predicted molar refractivity (Wildman–Crippen MR) is 83.7 cm³/mol. The van der Waals surface area contributed by atoms with Crippen LogP contribution in [0.1, 0.15) is 25.1 Å². The first kappa shape index (κ1) is 13.3. The fourth-order valence-corrected chi connectivity index (χ4v) is 3.24. The molecule has 0 saturated carbocycles. The van der Waals surface area contributed by atoms with Gasteiger partial charge in [-0.2, -0.15) is 0 Å². The molecule has 0 atom stereocenters. The van der Waals surface area contributed by atoms with E-state index in [4.69, 9.17) is 16.6 Å². The summed E-state index contributed by atoms with van der Waals surface area (Å²) in [5, 5.41) is 2.41. The van der Waals surface area contributed by atoms with Gasteiger partial charge in [0.1, 0.15) is 5.82 Å². The molecule has 102 valence electrons. The van der Waals surface area contributed by atoms with Gasteiger partial charge in [-0.05, 0) is 37.5 Å². The second-order valence-electron chi connectivity index (χ2n) is 4.93. The number of piperidine rings is 1. The molecule has 1 saturated heterocycles. The second kappa shape index (κ2) is 5.71. The van der Waals surface area contributed by atoms with Crippen molar-refractivity contribution in [2.75, 3.05) is 24.0 Å². The predicted octanol–water partition coefficient (Wildman–Crippen LogP) is 3.70. The van der Waals surface area contributed by atoms with Crippen LogP contribution in [0.2, 0.25) is 0 Å². The second-order valence-corrected chi connectivity index (χ2v) is 6.22. The van der Waals surface area contributed by atoms with E-state index >= 15 is 0 Å². The third-order valence-corrected chi connectivity index (χ3v) is 4.28. The number of aryl methyl sites for hydroxylation is 1. The molecule has 19 heavy (non-hydrogen) atoms. The Kier molecular flexibility index (Phi) is 3.99. The van der Waals surface area contributed by atoms with E-state index in [2.05, 4.69) is 37.7 Å². The fourth-order valence-electron chi connectivity index (χ4n) is 2.73. The van der Waals surface area contributed by atoms with Gasteiger partial charge >= 0.3 is 0 Å². The first-order valence-electron chi connectivity index (χ1n) is 6.77. The van der Waals surface area contributed by atoms with Crippen LogP contribution in [0.4, 0.5) is 0 Å². The molecule has 0 aliphatic carbocycles. The van der Waals surface area contributed by atoms with Gasteiger partial charge in [-0.15, -0.1) is 11.6 Å². The average Bonchev–Trinajstić information content (AvgIpc) is 2.77. The van der Waals surface area contributed by atoms with Crippen molar-refractivity contribution in [2.24, 2.45) is 0 Å². The molecule has 0 spiro atoms. The summed E-state index contributed by atoms with van der Waals surface area (Å²) in [6, 6.07) is 6.26. The lowest BCUT2D eigenvalue weighted by atomic mass is 10.2. The van der Waals surface area contributed by atoms with E-state index in [0.29, 0.717) is 5.88 Å². The van der Waals surface area contributed by atoms with Crippen molar-refractivity contribution in [3.05, 3.63) is 28.5 Å². The molecule has 3 nitrogen and oxygen atoms in total. The molecule has 2 heterocycles. The molecule has 0 unspecified atom stereocenters. The summed E-state index contributed by atoms with van der Waals surface area (Å²) < 4.78 is 3.37. The lowest BCUT2D eigenvalue weighted by Crippen LogP contribution is -2.40. The zero-order chi connectivity index (χ0) is 13.2. The largest absolute Gasteiger partial charge is 0.311 e. The van der Waals surface area contributed by atoms with E-state index in [1.807, 2.05) is 6.07 Å². The average molecular weight is 343 g/mol. The quantitative estimate of drug-likeness (QED) is 0.793. The number of aromatic nitrogens is 2. The van der Waals surface area contributed by atoms with Gasteiger partial charge in [0.2, 0.25) is 0 Å². The van der Waals surface area contributed by atoms with Crippen molar-refractivity contribution in [1.82, 2.24) is 9.66 Å². The molecule has 1 fully saturated rings. The molecule has 1 aliphatic heterocycles. The molecule has 0 bridgehead atoms. The number of alkyl halides is 1. The maximum absolute atomic E-state index is 5.92. The molecule has 1 aromatic carbocycles. The van der Waals surface area contributed by atoms with Crippen LogP contribution in [-0.2, 0) is 6.42 Å².